The summed E-state index contributed by atoms with van der Waals surface area (Å²) < 4.78 is 10.4. The molecule has 1 aromatic heterocycles. The zero-order chi connectivity index (χ0) is 15.1. The molecule has 0 aliphatic rings. The molecule has 0 aliphatic heterocycles. The van der Waals surface area contributed by atoms with Gasteiger partial charge in [0.1, 0.15) is 0 Å². The second-order valence-electron chi connectivity index (χ2n) is 4.17. The van der Waals surface area contributed by atoms with Gasteiger partial charge in [-0.3, -0.25) is 4.79 Å². The topological polar surface area (TPSA) is 59.9 Å². The SMILES string of the molecule is COc1ccc(CC(=O)N/N=C/c2cccs2)cc1OC. The Morgan fingerprint density at radius 3 is 2.76 bits per heavy atom. The first-order chi connectivity index (χ1) is 10.2. The van der Waals surface area contributed by atoms with Crippen LogP contribution >= 0.6 is 11.3 Å². The molecule has 0 spiro atoms. The van der Waals surface area contributed by atoms with Crippen LogP contribution in [-0.2, 0) is 11.2 Å². The minimum Gasteiger partial charge on any atom is -0.493 e. The molecule has 0 fully saturated rings. The van der Waals surface area contributed by atoms with Gasteiger partial charge in [-0.1, -0.05) is 12.1 Å². The lowest BCUT2D eigenvalue weighted by atomic mass is 10.1. The summed E-state index contributed by atoms with van der Waals surface area (Å²) in [7, 11) is 3.14. The van der Waals surface area contributed by atoms with E-state index in [0.29, 0.717) is 11.5 Å². The summed E-state index contributed by atoms with van der Waals surface area (Å²) in [6.07, 6.45) is 1.85. The minimum absolute atomic E-state index is 0.185. The van der Waals surface area contributed by atoms with E-state index in [2.05, 4.69) is 10.5 Å². The molecule has 2 rings (SSSR count). The smallest absolute Gasteiger partial charge is 0.244 e. The van der Waals surface area contributed by atoms with E-state index in [1.165, 1.54) is 0 Å². The molecule has 1 amide bonds. The number of methoxy groups -OCH3 is 2. The molecule has 0 saturated carbocycles. The number of benzene rings is 1. The fraction of sp³-hybridized carbons (Fsp3) is 0.200. The monoisotopic (exact) mass is 304 g/mol. The van der Waals surface area contributed by atoms with Gasteiger partial charge >= 0.3 is 0 Å². The van der Waals surface area contributed by atoms with Gasteiger partial charge in [0.15, 0.2) is 11.5 Å². The van der Waals surface area contributed by atoms with E-state index in [0.717, 1.165) is 10.4 Å². The lowest BCUT2D eigenvalue weighted by molar-refractivity contribution is -0.120. The van der Waals surface area contributed by atoms with Crippen molar-refractivity contribution in [1.82, 2.24) is 5.43 Å². The quantitative estimate of drug-likeness (QED) is 0.659. The summed E-state index contributed by atoms with van der Waals surface area (Å²) >= 11 is 1.56. The molecule has 110 valence electrons. The molecule has 0 atom stereocenters. The summed E-state index contributed by atoms with van der Waals surface area (Å²) in [5, 5.41) is 5.87. The van der Waals surface area contributed by atoms with Crippen LogP contribution in [0.3, 0.4) is 0 Å². The normalized spacial score (nSPS) is 10.6. The van der Waals surface area contributed by atoms with Gasteiger partial charge in [0.25, 0.3) is 0 Å². The molecular weight excluding hydrogens is 288 g/mol. The van der Waals surface area contributed by atoms with E-state index >= 15 is 0 Å². The van der Waals surface area contributed by atoms with Crippen molar-refractivity contribution in [3.63, 3.8) is 0 Å². The van der Waals surface area contributed by atoms with Crippen molar-refractivity contribution in [1.29, 1.82) is 0 Å². The number of thiophene rings is 1. The van der Waals surface area contributed by atoms with E-state index in [1.807, 2.05) is 23.6 Å². The van der Waals surface area contributed by atoms with Gasteiger partial charge in [-0.15, -0.1) is 11.3 Å². The van der Waals surface area contributed by atoms with Crippen molar-refractivity contribution < 1.29 is 14.3 Å². The Balaban J connectivity index is 1.93. The summed E-state index contributed by atoms with van der Waals surface area (Å²) in [6.45, 7) is 0. The molecular formula is C15H16N2O3S. The van der Waals surface area contributed by atoms with Crippen LogP contribution in [0, 0.1) is 0 Å². The van der Waals surface area contributed by atoms with Crippen LogP contribution < -0.4 is 14.9 Å². The first kappa shape index (κ1) is 15.1. The van der Waals surface area contributed by atoms with Crippen molar-refractivity contribution in [3.05, 3.63) is 46.2 Å². The summed E-state index contributed by atoms with van der Waals surface area (Å²) in [6, 6.07) is 9.23. The first-order valence-electron chi connectivity index (χ1n) is 6.29. The van der Waals surface area contributed by atoms with Gasteiger partial charge in [0.05, 0.1) is 26.9 Å². The summed E-state index contributed by atoms with van der Waals surface area (Å²) in [5.41, 5.74) is 3.33. The van der Waals surface area contributed by atoms with Crippen molar-refractivity contribution >= 4 is 23.5 Å². The molecule has 21 heavy (non-hydrogen) atoms. The molecule has 0 saturated heterocycles. The van der Waals surface area contributed by atoms with Gasteiger partial charge in [0, 0.05) is 4.88 Å². The van der Waals surface area contributed by atoms with Crippen molar-refractivity contribution in [2.75, 3.05) is 14.2 Å². The fourth-order valence-corrected chi connectivity index (χ4v) is 2.33. The van der Waals surface area contributed by atoms with E-state index in [4.69, 9.17) is 9.47 Å². The van der Waals surface area contributed by atoms with Crippen LogP contribution in [-0.4, -0.2) is 26.3 Å². The number of hydrogen-bond donors (Lipinski definition) is 1. The van der Waals surface area contributed by atoms with Gasteiger partial charge in [-0.2, -0.15) is 5.10 Å². The van der Waals surface area contributed by atoms with Crippen molar-refractivity contribution in [3.8, 4) is 11.5 Å². The third-order valence-corrected chi connectivity index (χ3v) is 3.54. The minimum atomic E-state index is -0.185. The molecule has 0 bridgehead atoms. The predicted octanol–water partition coefficient (Wildman–Crippen LogP) is 2.46. The maximum atomic E-state index is 11.8. The molecule has 5 nitrogen and oxygen atoms in total. The molecule has 1 heterocycles. The molecule has 0 aliphatic carbocycles. The Hall–Kier alpha value is -2.34. The zero-order valence-electron chi connectivity index (χ0n) is 11.8. The third-order valence-electron chi connectivity index (χ3n) is 2.74. The number of nitrogens with one attached hydrogen (secondary N) is 1. The van der Waals surface area contributed by atoms with E-state index in [1.54, 1.807) is 43.9 Å². The number of ether oxygens (including phenoxy) is 2. The predicted molar refractivity (Wildman–Crippen MR) is 83.3 cm³/mol. The fourth-order valence-electron chi connectivity index (χ4n) is 1.75. The summed E-state index contributed by atoms with van der Waals surface area (Å²) in [4.78, 5) is 12.8. The van der Waals surface area contributed by atoms with Gasteiger partial charge in [-0.05, 0) is 29.1 Å². The van der Waals surface area contributed by atoms with Crippen molar-refractivity contribution in [2.24, 2.45) is 5.10 Å². The standard InChI is InChI=1S/C15H16N2O3S/c1-19-13-6-5-11(8-14(13)20-2)9-15(18)17-16-10-12-4-3-7-21-12/h3-8,10H,9H2,1-2H3,(H,17,18)/b16-10+. The number of rotatable bonds is 6. The van der Waals surface area contributed by atoms with E-state index < -0.39 is 0 Å². The largest absolute Gasteiger partial charge is 0.493 e. The van der Waals surface area contributed by atoms with Crippen LogP contribution in [0.2, 0.25) is 0 Å². The maximum absolute atomic E-state index is 11.8. The average Bonchev–Trinajstić information content (AvgIpc) is 3.00. The average molecular weight is 304 g/mol. The lowest BCUT2D eigenvalue weighted by Gasteiger charge is -2.09. The number of hydrazone groups is 1. The number of carbonyl (C=O) groups excluding carboxylic acids is 1. The number of nitrogens with zero attached hydrogens (tertiary/aromatic N) is 1. The number of amides is 1. The zero-order valence-corrected chi connectivity index (χ0v) is 12.6. The third kappa shape index (κ3) is 4.32. The maximum Gasteiger partial charge on any atom is 0.244 e. The van der Waals surface area contributed by atoms with E-state index in [-0.39, 0.29) is 12.3 Å². The number of hydrogen-bond acceptors (Lipinski definition) is 5. The Morgan fingerprint density at radius 1 is 1.29 bits per heavy atom. The number of carbonyl (C=O) groups is 1. The highest BCUT2D eigenvalue weighted by atomic mass is 32.1. The highest BCUT2D eigenvalue weighted by Gasteiger charge is 2.07. The van der Waals surface area contributed by atoms with E-state index in [9.17, 15) is 4.79 Å². The molecule has 6 heteroatoms. The lowest BCUT2D eigenvalue weighted by Crippen LogP contribution is -2.19. The van der Waals surface area contributed by atoms with Crippen LogP contribution in [0.4, 0.5) is 0 Å². The summed E-state index contributed by atoms with van der Waals surface area (Å²) in [5.74, 6) is 1.05. The highest BCUT2D eigenvalue weighted by molar-refractivity contribution is 7.11. The molecule has 1 N–H and O–H groups in total. The Morgan fingerprint density at radius 2 is 2.10 bits per heavy atom. The Kier molecular flexibility index (Phi) is 5.34. The van der Waals surface area contributed by atoms with Gasteiger partial charge in [0.2, 0.25) is 5.91 Å². The van der Waals surface area contributed by atoms with Crippen LogP contribution in [0.15, 0.2) is 40.8 Å². The molecule has 0 unspecified atom stereocenters. The Bertz CT molecular complexity index is 624. The Labute approximate surface area is 127 Å². The molecule has 0 radical (unpaired) electrons. The molecule has 2 aromatic rings. The van der Waals surface area contributed by atoms with Crippen LogP contribution in [0.25, 0.3) is 0 Å². The molecule has 1 aromatic carbocycles. The second kappa shape index (κ2) is 7.44. The van der Waals surface area contributed by atoms with Crippen molar-refractivity contribution in [2.45, 2.75) is 6.42 Å². The van der Waals surface area contributed by atoms with Gasteiger partial charge < -0.3 is 9.47 Å². The van der Waals surface area contributed by atoms with Crippen LogP contribution in [0.5, 0.6) is 11.5 Å². The van der Waals surface area contributed by atoms with Gasteiger partial charge in [-0.25, -0.2) is 5.43 Å². The highest BCUT2D eigenvalue weighted by Crippen LogP contribution is 2.27. The van der Waals surface area contributed by atoms with Crippen LogP contribution in [0.1, 0.15) is 10.4 Å². The first-order valence-corrected chi connectivity index (χ1v) is 7.17. The second-order valence-corrected chi connectivity index (χ2v) is 5.15.